The zero-order chi connectivity index (χ0) is 13.0. The Kier molecular flexibility index (Phi) is 4.97. The van der Waals surface area contributed by atoms with Gasteiger partial charge in [-0.05, 0) is 25.8 Å². The van der Waals surface area contributed by atoms with Gasteiger partial charge >= 0.3 is 0 Å². The van der Waals surface area contributed by atoms with Crippen molar-refractivity contribution < 1.29 is 9.53 Å². The molecule has 2 fully saturated rings. The van der Waals surface area contributed by atoms with Gasteiger partial charge in [0.1, 0.15) is 0 Å². The molecule has 2 aliphatic rings. The molecule has 0 spiro atoms. The van der Waals surface area contributed by atoms with Crippen LogP contribution in [0.15, 0.2) is 0 Å². The van der Waals surface area contributed by atoms with E-state index in [4.69, 9.17) is 10.5 Å². The van der Waals surface area contributed by atoms with Crippen molar-refractivity contribution in [3.63, 3.8) is 0 Å². The number of ether oxygens (including phenoxy) is 1. The van der Waals surface area contributed by atoms with E-state index in [2.05, 4.69) is 4.90 Å². The summed E-state index contributed by atoms with van der Waals surface area (Å²) in [7, 11) is 1.62. The van der Waals surface area contributed by atoms with E-state index in [0.29, 0.717) is 19.0 Å². The first-order valence-corrected chi connectivity index (χ1v) is 6.99. The van der Waals surface area contributed by atoms with Gasteiger partial charge in [0.25, 0.3) is 0 Å². The van der Waals surface area contributed by atoms with Crippen LogP contribution < -0.4 is 5.73 Å². The largest absolute Gasteiger partial charge is 0.380 e. The molecule has 0 aliphatic carbocycles. The second-order valence-electron chi connectivity index (χ2n) is 5.32. The Balaban J connectivity index is 1.89. The molecule has 2 saturated heterocycles. The molecular formula is C13H25N3O2. The molecule has 1 amide bonds. The second-order valence-corrected chi connectivity index (χ2v) is 5.32. The summed E-state index contributed by atoms with van der Waals surface area (Å²) in [5.74, 6) is 0.195. The lowest BCUT2D eigenvalue weighted by Crippen LogP contribution is -2.41. The number of fused-ring (bicyclic) bond motifs is 1. The molecule has 0 aromatic heterocycles. The SMILES string of the molecule is COC(CN)CC(=O)N1CCCN2CCCC2C1. The van der Waals surface area contributed by atoms with E-state index in [1.165, 1.54) is 19.4 Å². The number of methoxy groups -OCH3 is 1. The predicted molar refractivity (Wildman–Crippen MR) is 70.3 cm³/mol. The summed E-state index contributed by atoms with van der Waals surface area (Å²) >= 11 is 0. The number of nitrogens with two attached hydrogens (primary N) is 1. The minimum absolute atomic E-state index is 0.138. The highest BCUT2D eigenvalue weighted by Crippen LogP contribution is 2.21. The summed E-state index contributed by atoms with van der Waals surface area (Å²) in [6.45, 7) is 4.52. The van der Waals surface area contributed by atoms with Crippen molar-refractivity contribution in [1.82, 2.24) is 9.80 Å². The van der Waals surface area contributed by atoms with Gasteiger partial charge in [-0.25, -0.2) is 0 Å². The van der Waals surface area contributed by atoms with E-state index in [-0.39, 0.29) is 12.0 Å². The molecule has 2 N–H and O–H groups in total. The first-order chi connectivity index (χ1) is 8.74. The van der Waals surface area contributed by atoms with Gasteiger partial charge in [0.2, 0.25) is 5.91 Å². The monoisotopic (exact) mass is 255 g/mol. The standard InChI is InChI=1S/C13H25N3O2/c1-18-12(9-14)8-13(17)16-7-3-6-15-5-2-4-11(15)10-16/h11-12H,2-10,14H2,1H3. The van der Waals surface area contributed by atoms with Crippen molar-refractivity contribution in [1.29, 1.82) is 0 Å². The molecule has 2 heterocycles. The number of nitrogens with zero attached hydrogens (tertiary/aromatic N) is 2. The van der Waals surface area contributed by atoms with Crippen LogP contribution in [0.1, 0.15) is 25.7 Å². The van der Waals surface area contributed by atoms with Crippen molar-refractivity contribution >= 4 is 5.91 Å². The van der Waals surface area contributed by atoms with E-state index in [9.17, 15) is 4.79 Å². The van der Waals surface area contributed by atoms with Gasteiger partial charge in [-0.2, -0.15) is 0 Å². The summed E-state index contributed by atoms with van der Waals surface area (Å²) in [6.07, 6.45) is 3.87. The third kappa shape index (κ3) is 3.22. The lowest BCUT2D eigenvalue weighted by atomic mass is 10.2. The molecule has 18 heavy (non-hydrogen) atoms. The number of hydrogen-bond acceptors (Lipinski definition) is 4. The van der Waals surface area contributed by atoms with Gasteiger partial charge in [0.05, 0.1) is 12.5 Å². The molecule has 0 bridgehead atoms. The second kappa shape index (κ2) is 6.50. The van der Waals surface area contributed by atoms with Crippen LogP contribution in [0.4, 0.5) is 0 Å². The summed E-state index contributed by atoms with van der Waals surface area (Å²) in [4.78, 5) is 16.8. The summed E-state index contributed by atoms with van der Waals surface area (Å²) in [5.41, 5.74) is 5.57. The van der Waals surface area contributed by atoms with Gasteiger partial charge in [0, 0.05) is 39.3 Å². The third-order valence-corrected chi connectivity index (χ3v) is 4.15. The van der Waals surface area contributed by atoms with Gasteiger partial charge in [-0.3, -0.25) is 9.69 Å². The molecule has 0 aromatic carbocycles. The van der Waals surface area contributed by atoms with E-state index in [1.54, 1.807) is 7.11 Å². The molecule has 2 atom stereocenters. The van der Waals surface area contributed by atoms with Crippen LogP contribution in [0.5, 0.6) is 0 Å². The Morgan fingerprint density at radius 1 is 1.39 bits per heavy atom. The van der Waals surface area contributed by atoms with Gasteiger partial charge in [-0.1, -0.05) is 0 Å². The van der Waals surface area contributed by atoms with Gasteiger partial charge in [0.15, 0.2) is 0 Å². The molecule has 2 aliphatic heterocycles. The molecule has 5 nitrogen and oxygen atoms in total. The predicted octanol–water partition coefficient (Wildman–Crippen LogP) is 0.0469. The van der Waals surface area contributed by atoms with Crippen LogP contribution in [-0.2, 0) is 9.53 Å². The maximum Gasteiger partial charge on any atom is 0.225 e. The summed E-state index contributed by atoms with van der Waals surface area (Å²) in [6, 6.07) is 0.579. The quantitative estimate of drug-likeness (QED) is 0.771. The van der Waals surface area contributed by atoms with Crippen LogP contribution in [0.25, 0.3) is 0 Å². The lowest BCUT2D eigenvalue weighted by molar-refractivity contribution is -0.133. The molecular weight excluding hydrogens is 230 g/mol. The van der Waals surface area contributed by atoms with Crippen LogP contribution >= 0.6 is 0 Å². The van der Waals surface area contributed by atoms with Crippen molar-refractivity contribution in [2.45, 2.75) is 37.8 Å². The molecule has 2 rings (SSSR count). The van der Waals surface area contributed by atoms with E-state index in [0.717, 1.165) is 26.1 Å². The normalized spacial score (nSPS) is 26.8. The highest BCUT2D eigenvalue weighted by Gasteiger charge is 2.30. The zero-order valence-corrected chi connectivity index (χ0v) is 11.3. The van der Waals surface area contributed by atoms with Crippen LogP contribution in [0.3, 0.4) is 0 Å². The number of hydrogen-bond donors (Lipinski definition) is 1. The Hall–Kier alpha value is -0.650. The average Bonchev–Trinajstić information content (AvgIpc) is 2.72. The maximum atomic E-state index is 12.2. The Labute approximate surface area is 109 Å². The fraction of sp³-hybridized carbons (Fsp3) is 0.923. The molecule has 2 unspecified atom stereocenters. The topological polar surface area (TPSA) is 58.8 Å². The Morgan fingerprint density at radius 2 is 2.17 bits per heavy atom. The minimum Gasteiger partial charge on any atom is -0.380 e. The first kappa shape index (κ1) is 13.8. The summed E-state index contributed by atoms with van der Waals surface area (Å²) in [5, 5.41) is 0. The van der Waals surface area contributed by atoms with Crippen molar-refractivity contribution in [2.24, 2.45) is 5.73 Å². The number of rotatable bonds is 4. The fourth-order valence-electron chi connectivity index (χ4n) is 3.02. The molecule has 5 heteroatoms. The van der Waals surface area contributed by atoms with E-state index >= 15 is 0 Å². The average molecular weight is 255 g/mol. The van der Waals surface area contributed by atoms with E-state index in [1.807, 2.05) is 4.90 Å². The fourth-order valence-corrected chi connectivity index (χ4v) is 3.02. The number of amides is 1. The highest BCUT2D eigenvalue weighted by atomic mass is 16.5. The third-order valence-electron chi connectivity index (χ3n) is 4.15. The smallest absolute Gasteiger partial charge is 0.225 e. The van der Waals surface area contributed by atoms with Crippen molar-refractivity contribution in [2.75, 3.05) is 39.8 Å². The zero-order valence-electron chi connectivity index (χ0n) is 11.3. The number of carbonyl (C=O) groups is 1. The number of carbonyl (C=O) groups excluding carboxylic acids is 1. The minimum atomic E-state index is -0.138. The summed E-state index contributed by atoms with van der Waals surface area (Å²) < 4.78 is 5.20. The highest BCUT2D eigenvalue weighted by molar-refractivity contribution is 5.76. The van der Waals surface area contributed by atoms with E-state index < -0.39 is 0 Å². The van der Waals surface area contributed by atoms with Gasteiger partial charge < -0.3 is 15.4 Å². The Bertz CT molecular complexity index is 281. The van der Waals surface area contributed by atoms with Crippen molar-refractivity contribution in [3.05, 3.63) is 0 Å². The van der Waals surface area contributed by atoms with Crippen molar-refractivity contribution in [3.8, 4) is 0 Å². The maximum absolute atomic E-state index is 12.2. The lowest BCUT2D eigenvalue weighted by Gasteiger charge is -2.26. The molecule has 104 valence electrons. The molecule has 0 aromatic rings. The van der Waals surface area contributed by atoms with Crippen LogP contribution in [0, 0.1) is 0 Å². The van der Waals surface area contributed by atoms with Gasteiger partial charge in [-0.15, -0.1) is 0 Å². The molecule has 0 saturated carbocycles. The first-order valence-electron chi connectivity index (χ1n) is 6.99. The van der Waals surface area contributed by atoms with Crippen LogP contribution in [-0.4, -0.2) is 67.7 Å². The Morgan fingerprint density at radius 3 is 2.89 bits per heavy atom. The molecule has 0 radical (unpaired) electrons. The van der Waals surface area contributed by atoms with Crippen LogP contribution in [0.2, 0.25) is 0 Å².